The first-order valence-corrected chi connectivity index (χ1v) is 6.65. The van der Waals surface area contributed by atoms with Gasteiger partial charge in [0.2, 0.25) is 11.7 Å². The maximum Gasteiger partial charge on any atom is 0.311 e. The monoisotopic (exact) mass is 291 g/mol. The van der Waals surface area contributed by atoms with Gasteiger partial charge in [-0.3, -0.25) is 15.0 Å². The summed E-state index contributed by atoms with van der Waals surface area (Å²) >= 11 is 0. The molecule has 112 valence electrons. The number of rotatable bonds is 4. The zero-order valence-electron chi connectivity index (χ0n) is 12.0. The van der Waals surface area contributed by atoms with Crippen LogP contribution in [0.5, 0.6) is 5.88 Å². The summed E-state index contributed by atoms with van der Waals surface area (Å²) in [4.78, 5) is 18.8. The van der Waals surface area contributed by atoms with Crippen molar-refractivity contribution in [3.63, 3.8) is 0 Å². The fourth-order valence-corrected chi connectivity index (χ4v) is 2.32. The van der Waals surface area contributed by atoms with Gasteiger partial charge in [-0.1, -0.05) is 0 Å². The summed E-state index contributed by atoms with van der Waals surface area (Å²) in [7, 11) is 1.48. The fraction of sp³-hybridized carbons (Fsp3) is 0.538. The standard InChI is InChI=1S/C13H17N5O3/c1-10(9-14)16-5-7-17(8-6-16)13-11(18(19)20)3-4-12(15-13)21-2/h3-4,10H,5-8H2,1-2H3. The molecule has 0 bridgehead atoms. The smallest absolute Gasteiger partial charge is 0.311 e. The Morgan fingerprint density at radius 2 is 2.10 bits per heavy atom. The third kappa shape index (κ3) is 3.20. The van der Waals surface area contributed by atoms with Crippen molar-refractivity contribution in [3.8, 4) is 11.9 Å². The van der Waals surface area contributed by atoms with Crippen LogP contribution in [-0.4, -0.2) is 54.1 Å². The van der Waals surface area contributed by atoms with Crippen LogP contribution in [0.2, 0.25) is 0 Å². The number of piperazine rings is 1. The highest BCUT2D eigenvalue weighted by molar-refractivity contribution is 5.59. The minimum atomic E-state index is -0.438. The summed E-state index contributed by atoms with van der Waals surface area (Å²) in [6.45, 7) is 4.37. The molecule has 1 aromatic heterocycles. The molecule has 2 rings (SSSR count). The number of methoxy groups -OCH3 is 1. The highest BCUT2D eigenvalue weighted by Crippen LogP contribution is 2.29. The number of hydrogen-bond acceptors (Lipinski definition) is 7. The molecule has 21 heavy (non-hydrogen) atoms. The first-order valence-electron chi connectivity index (χ1n) is 6.65. The topological polar surface area (TPSA) is 95.5 Å². The molecular formula is C13H17N5O3. The summed E-state index contributed by atoms with van der Waals surface area (Å²) in [5, 5.41) is 20.1. The molecule has 1 atom stereocenters. The Labute approximate surface area is 122 Å². The quantitative estimate of drug-likeness (QED) is 0.604. The van der Waals surface area contributed by atoms with E-state index in [0.29, 0.717) is 37.9 Å². The third-order valence-electron chi connectivity index (χ3n) is 3.58. The van der Waals surface area contributed by atoms with E-state index in [9.17, 15) is 10.1 Å². The van der Waals surface area contributed by atoms with Gasteiger partial charge in [-0.05, 0) is 6.92 Å². The van der Waals surface area contributed by atoms with Crippen molar-refractivity contribution < 1.29 is 9.66 Å². The van der Waals surface area contributed by atoms with Crippen molar-refractivity contribution in [2.45, 2.75) is 13.0 Å². The molecule has 8 nitrogen and oxygen atoms in total. The highest BCUT2D eigenvalue weighted by atomic mass is 16.6. The van der Waals surface area contributed by atoms with Crippen molar-refractivity contribution in [3.05, 3.63) is 22.2 Å². The Hall–Kier alpha value is -2.40. The van der Waals surface area contributed by atoms with E-state index < -0.39 is 4.92 Å². The molecule has 0 radical (unpaired) electrons. The molecule has 1 unspecified atom stereocenters. The number of nitro groups is 1. The molecule has 0 spiro atoms. The zero-order valence-corrected chi connectivity index (χ0v) is 12.0. The Kier molecular flexibility index (Phi) is 4.55. The average molecular weight is 291 g/mol. The second-order valence-corrected chi connectivity index (χ2v) is 4.78. The SMILES string of the molecule is COc1ccc([N+](=O)[O-])c(N2CCN(C(C)C#N)CC2)n1. The average Bonchev–Trinajstić information content (AvgIpc) is 2.53. The molecule has 1 aliphatic heterocycles. The Morgan fingerprint density at radius 3 is 2.62 bits per heavy atom. The van der Waals surface area contributed by atoms with Gasteiger partial charge in [-0.25, -0.2) is 0 Å². The van der Waals surface area contributed by atoms with E-state index in [4.69, 9.17) is 10.00 Å². The molecule has 0 saturated carbocycles. The summed E-state index contributed by atoms with van der Waals surface area (Å²) < 4.78 is 5.04. The molecule has 1 aromatic rings. The molecule has 0 amide bonds. The Bertz CT molecular complexity index is 563. The Balaban J connectivity index is 2.19. The summed E-state index contributed by atoms with van der Waals surface area (Å²) in [5.74, 6) is 0.673. The Morgan fingerprint density at radius 1 is 1.43 bits per heavy atom. The van der Waals surface area contributed by atoms with Crippen LogP contribution in [0, 0.1) is 21.4 Å². The van der Waals surface area contributed by atoms with Crippen LogP contribution in [0.1, 0.15) is 6.92 Å². The predicted molar refractivity (Wildman–Crippen MR) is 76.3 cm³/mol. The van der Waals surface area contributed by atoms with Gasteiger partial charge in [0.25, 0.3) is 0 Å². The second-order valence-electron chi connectivity index (χ2n) is 4.78. The van der Waals surface area contributed by atoms with Gasteiger partial charge < -0.3 is 9.64 Å². The molecule has 2 heterocycles. The molecule has 1 fully saturated rings. The minimum Gasteiger partial charge on any atom is -0.481 e. The van der Waals surface area contributed by atoms with E-state index in [2.05, 4.69) is 11.1 Å². The van der Waals surface area contributed by atoms with Gasteiger partial charge >= 0.3 is 5.69 Å². The highest BCUT2D eigenvalue weighted by Gasteiger charge is 2.27. The second kappa shape index (κ2) is 6.37. The lowest BCUT2D eigenvalue weighted by molar-refractivity contribution is -0.384. The molecule has 8 heteroatoms. The molecule has 1 saturated heterocycles. The van der Waals surface area contributed by atoms with Crippen LogP contribution >= 0.6 is 0 Å². The summed E-state index contributed by atoms with van der Waals surface area (Å²) in [6, 6.07) is 4.94. The van der Waals surface area contributed by atoms with Gasteiger partial charge in [0.1, 0.15) is 0 Å². The lowest BCUT2D eigenvalue weighted by Gasteiger charge is -2.36. The van der Waals surface area contributed by atoms with Crippen molar-refractivity contribution in [2.24, 2.45) is 0 Å². The first kappa shape index (κ1) is 15.0. The molecule has 0 N–H and O–H groups in total. The van der Waals surface area contributed by atoms with Crippen molar-refractivity contribution in [1.82, 2.24) is 9.88 Å². The van der Waals surface area contributed by atoms with Crippen molar-refractivity contribution in [2.75, 3.05) is 38.2 Å². The maximum atomic E-state index is 11.1. The van der Waals surface area contributed by atoms with Gasteiger partial charge in [-0.2, -0.15) is 10.2 Å². The van der Waals surface area contributed by atoms with Crippen LogP contribution in [0.3, 0.4) is 0 Å². The van der Waals surface area contributed by atoms with Gasteiger partial charge in [-0.15, -0.1) is 0 Å². The lowest BCUT2D eigenvalue weighted by Crippen LogP contribution is -2.49. The number of anilines is 1. The van der Waals surface area contributed by atoms with Crippen LogP contribution in [0.15, 0.2) is 12.1 Å². The lowest BCUT2D eigenvalue weighted by atomic mass is 10.2. The zero-order chi connectivity index (χ0) is 15.4. The van der Waals surface area contributed by atoms with E-state index in [1.165, 1.54) is 19.2 Å². The van der Waals surface area contributed by atoms with Gasteiger partial charge in [0.05, 0.1) is 24.1 Å². The number of ether oxygens (including phenoxy) is 1. The van der Waals surface area contributed by atoms with Crippen molar-refractivity contribution in [1.29, 1.82) is 5.26 Å². The van der Waals surface area contributed by atoms with E-state index in [-0.39, 0.29) is 11.7 Å². The van der Waals surface area contributed by atoms with Crippen LogP contribution in [-0.2, 0) is 0 Å². The number of nitriles is 1. The number of nitrogens with zero attached hydrogens (tertiary/aromatic N) is 5. The van der Waals surface area contributed by atoms with E-state index in [1.54, 1.807) is 0 Å². The normalized spacial score (nSPS) is 17.1. The number of pyridine rings is 1. The number of hydrogen-bond donors (Lipinski definition) is 0. The largest absolute Gasteiger partial charge is 0.481 e. The van der Waals surface area contributed by atoms with Gasteiger partial charge in [0, 0.05) is 38.3 Å². The maximum absolute atomic E-state index is 11.1. The van der Waals surface area contributed by atoms with Crippen LogP contribution in [0.25, 0.3) is 0 Å². The molecular weight excluding hydrogens is 274 g/mol. The van der Waals surface area contributed by atoms with Gasteiger partial charge in [0.15, 0.2) is 0 Å². The van der Waals surface area contributed by atoms with E-state index in [1.807, 2.05) is 16.7 Å². The van der Waals surface area contributed by atoms with Crippen LogP contribution in [0.4, 0.5) is 11.5 Å². The van der Waals surface area contributed by atoms with E-state index in [0.717, 1.165) is 0 Å². The number of aromatic nitrogens is 1. The van der Waals surface area contributed by atoms with E-state index >= 15 is 0 Å². The fourth-order valence-electron chi connectivity index (χ4n) is 2.32. The summed E-state index contributed by atoms with van der Waals surface area (Å²) in [5.41, 5.74) is -0.0300. The van der Waals surface area contributed by atoms with Crippen molar-refractivity contribution >= 4 is 11.5 Å². The molecule has 0 aromatic carbocycles. The molecule has 0 aliphatic carbocycles. The van der Waals surface area contributed by atoms with Crippen LogP contribution < -0.4 is 9.64 Å². The minimum absolute atomic E-state index is 0.0300. The third-order valence-corrected chi connectivity index (χ3v) is 3.58. The summed E-state index contributed by atoms with van der Waals surface area (Å²) in [6.07, 6.45) is 0. The first-order chi connectivity index (χ1) is 10.1. The predicted octanol–water partition coefficient (Wildman–Crippen LogP) is 1.03. The molecule has 1 aliphatic rings.